The lowest BCUT2D eigenvalue weighted by atomic mass is 9.82. The number of halogens is 1. The lowest BCUT2D eigenvalue weighted by Crippen LogP contribution is -2.57. The van der Waals surface area contributed by atoms with Crippen molar-refractivity contribution in [2.24, 2.45) is 0 Å². The third-order valence-corrected chi connectivity index (χ3v) is 8.06. The minimum Gasteiger partial charge on any atom is -0.384 e. The normalized spacial score (nSPS) is 21.7. The van der Waals surface area contributed by atoms with E-state index in [1.54, 1.807) is 36.0 Å². The van der Waals surface area contributed by atoms with Gasteiger partial charge in [-0.25, -0.2) is 9.37 Å². The first-order valence-corrected chi connectivity index (χ1v) is 12.6. The van der Waals surface area contributed by atoms with Crippen LogP contribution in [0.15, 0.2) is 36.0 Å². The molecule has 0 spiro atoms. The Morgan fingerprint density at radius 3 is 2.80 bits per heavy atom. The Labute approximate surface area is 206 Å². The highest BCUT2D eigenvalue weighted by atomic mass is 32.1. The molecular formula is C25H27FN6O2S. The zero-order valence-electron chi connectivity index (χ0n) is 19.2. The zero-order valence-corrected chi connectivity index (χ0v) is 20.0. The quantitative estimate of drug-likeness (QED) is 0.463. The molecule has 1 saturated heterocycles. The molecule has 0 atom stereocenters. The predicted octanol–water partition coefficient (Wildman–Crippen LogP) is 3.08. The number of nitrogens with one attached hydrogen (secondary N) is 2. The van der Waals surface area contributed by atoms with Gasteiger partial charge >= 0.3 is 0 Å². The van der Waals surface area contributed by atoms with Crippen LogP contribution in [0.4, 0.5) is 10.1 Å². The van der Waals surface area contributed by atoms with Crippen LogP contribution in [0.5, 0.6) is 0 Å². The summed E-state index contributed by atoms with van der Waals surface area (Å²) in [7, 11) is 0. The fourth-order valence-electron chi connectivity index (χ4n) is 4.97. The first-order chi connectivity index (χ1) is 17.0. The number of benzene rings is 1. The molecule has 0 bridgehead atoms. The van der Waals surface area contributed by atoms with E-state index in [9.17, 15) is 19.6 Å². The second-order valence-corrected chi connectivity index (χ2v) is 10.2. The molecule has 0 radical (unpaired) electrons. The Hall–Kier alpha value is -3.13. The highest BCUT2D eigenvalue weighted by Gasteiger charge is 2.41. The largest absolute Gasteiger partial charge is 0.384 e. The summed E-state index contributed by atoms with van der Waals surface area (Å²) in [6.45, 7) is 1.12. The van der Waals surface area contributed by atoms with Gasteiger partial charge in [0.1, 0.15) is 24.0 Å². The number of thiazole rings is 1. The number of nitrogens with zero attached hydrogens (tertiary/aromatic N) is 4. The summed E-state index contributed by atoms with van der Waals surface area (Å²) in [5, 5.41) is 27.0. The lowest BCUT2D eigenvalue weighted by molar-refractivity contribution is -0.121. The summed E-state index contributed by atoms with van der Waals surface area (Å²) in [4.78, 5) is 24.3. The number of nitriles is 1. The van der Waals surface area contributed by atoms with Crippen LogP contribution < -0.4 is 10.6 Å². The van der Waals surface area contributed by atoms with Gasteiger partial charge in [-0.3, -0.25) is 14.7 Å². The van der Waals surface area contributed by atoms with Gasteiger partial charge in [0.25, 0.3) is 0 Å². The van der Waals surface area contributed by atoms with Gasteiger partial charge < -0.3 is 15.7 Å². The van der Waals surface area contributed by atoms with Crippen LogP contribution >= 0.6 is 11.3 Å². The van der Waals surface area contributed by atoms with Crippen LogP contribution in [0, 0.1) is 11.3 Å². The monoisotopic (exact) mass is 494 g/mol. The molecule has 2 fully saturated rings. The number of aromatic nitrogens is 2. The third kappa shape index (κ3) is 4.98. The van der Waals surface area contributed by atoms with Gasteiger partial charge in [0.15, 0.2) is 0 Å². The zero-order chi connectivity index (χ0) is 24.4. The second-order valence-electron chi connectivity index (χ2n) is 9.33. The summed E-state index contributed by atoms with van der Waals surface area (Å²) < 4.78 is 13.1. The van der Waals surface area contributed by atoms with E-state index in [1.165, 1.54) is 11.3 Å². The average Bonchev–Trinajstić information content (AvgIpc) is 3.41. The molecule has 8 nitrogen and oxygen atoms in total. The van der Waals surface area contributed by atoms with Crippen molar-refractivity contribution in [3.8, 4) is 6.07 Å². The molecule has 1 aliphatic heterocycles. The molecule has 3 heterocycles. The molecule has 1 saturated carbocycles. The minimum absolute atomic E-state index is 0.0522. The molecule has 0 unspecified atom stereocenters. The predicted molar refractivity (Wildman–Crippen MR) is 132 cm³/mol. The Kier molecular flexibility index (Phi) is 6.65. The van der Waals surface area contributed by atoms with Crippen molar-refractivity contribution < 1.29 is 14.3 Å². The van der Waals surface area contributed by atoms with Gasteiger partial charge in [-0.1, -0.05) is 6.07 Å². The van der Waals surface area contributed by atoms with Gasteiger partial charge in [0.2, 0.25) is 5.91 Å². The number of hydrogen-bond acceptors (Lipinski definition) is 8. The van der Waals surface area contributed by atoms with E-state index in [1.807, 2.05) is 6.07 Å². The van der Waals surface area contributed by atoms with Gasteiger partial charge in [-0.15, -0.1) is 11.3 Å². The average molecular weight is 495 g/mol. The number of alkyl halides is 1. The van der Waals surface area contributed by atoms with E-state index in [0.717, 1.165) is 30.8 Å². The molecule has 3 aromatic rings. The van der Waals surface area contributed by atoms with Crippen LogP contribution in [0.25, 0.3) is 10.9 Å². The highest BCUT2D eigenvalue weighted by Crippen LogP contribution is 2.37. The van der Waals surface area contributed by atoms with Crippen LogP contribution in [0.2, 0.25) is 0 Å². The van der Waals surface area contributed by atoms with E-state index < -0.39 is 12.3 Å². The molecular weight excluding hydrogens is 467 g/mol. The fraction of sp³-hybridized carbons (Fsp3) is 0.440. The standard InChI is InChI=1S/C25H27FN6O2S/c26-11-16-1-2-21-20(7-16)22(10-18(12-27)30-21)29-14-24(33)31-17-8-19(9-17)32-5-3-25(34,4-6-32)23-13-28-15-35-23/h1-2,7,10,13,15,17,19,34H,3-6,8-9,11,14H2,(H,29,30)(H,31,33)/t17-,19-. The number of pyridine rings is 1. The Balaban J connectivity index is 1.11. The Morgan fingerprint density at radius 1 is 1.31 bits per heavy atom. The first-order valence-electron chi connectivity index (χ1n) is 11.8. The Bertz CT molecular complexity index is 1250. The van der Waals surface area contributed by atoms with E-state index in [2.05, 4.69) is 25.5 Å². The molecule has 10 heteroatoms. The summed E-state index contributed by atoms with van der Waals surface area (Å²) in [6, 6.07) is 9.17. The number of fused-ring (bicyclic) bond motifs is 1. The maximum atomic E-state index is 13.1. The van der Waals surface area contributed by atoms with E-state index in [4.69, 9.17) is 0 Å². The molecule has 1 amide bonds. The summed E-state index contributed by atoms with van der Waals surface area (Å²) in [6.07, 6.45) is 4.94. The highest BCUT2D eigenvalue weighted by molar-refractivity contribution is 7.09. The Morgan fingerprint density at radius 2 is 2.11 bits per heavy atom. The molecule has 2 aromatic heterocycles. The molecule has 3 N–H and O–H groups in total. The van der Waals surface area contributed by atoms with Crippen molar-refractivity contribution in [2.45, 2.75) is 50.0 Å². The molecule has 1 aliphatic carbocycles. The van der Waals surface area contributed by atoms with Crippen molar-refractivity contribution >= 4 is 33.8 Å². The first kappa shape index (κ1) is 23.6. The molecule has 35 heavy (non-hydrogen) atoms. The number of anilines is 1. The number of aliphatic hydroxyl groups is 1. The molecule has 182 valence electrons. The molecule has 5 rings (SSSR count). The van der Waals surface area contributed by atoms with Gasteiger partial charge in [0, 0.05) is 42.4 Å². The van der Waals surface area contributed by atoms with Crippen LogP contribution in [-0.2, 0) is 17.1 Å². The van der Waals surface area contributed by atoms with Crippen molar-refractivity contribution in [1.82, 2.24) is 20.2 Å². The number of piperidine rings is 1. The number of rotatable bonds is 7. The van der Waals surface area contributed by atoms with Gasteiger partial charge in [-0.2, -0.15) is 5.26 Å². The number of likely N-dealkylation sites (tertiary alicyclic amines) is 1. The topological polar surface area (TPSA) is 114 Å². The maximum Gasteiger partial charge on any atom is 0.239 e. The van der Waals surface area contributed by atoms with E-state index in [-0.39, 0.29) is 24.2 Å². The maximum absolute atomic E-state index is 13.1. The summed E-state index contributed by atoms with van der Waals surface area (Å²) in [5.41, 5.74) is 2.90. The SMILES string of the molecule is N#Cc1cc(NCC(=O)N[C@H]2C[C@H](N3CCC(O)(c4cncs4)CC3)C2)c2cc(CF)ccc2n1. The fourth-order valence-corrected chi connectivity index (χ4v) is 5.75. The van der Waals surface area contributed by atoms with Gasteiger partial charge in [-0.05, 0) is 49.4 Å². The smallest absolute Gasteiger partial charge is 0.239 e. The molecule has 2 aliphatic rings. The minimum atomic E-state index is -0.770. The van der Waals surface area contributed by atoms with Crippen molar-refractivity contribution in [3.63, 3.8) is 0 Å². The van der Waals surface area contributed by atoms with E-state index >= 15 is 0 Å². The van der Waals surface area contributed by atoms with Crippen LogP contribution in [-0.4, -0.2) is 57.6 Å². The van der Waals surface area contributed by atoms with Crippen molar-refractivity contribution in [1.29, 1.82) is 5.26 Å². The van der Waals surface area contributed by atoms with Crippen molar-refractivity contribution in [3.05, 3.63) is 52.1 Å². The summed E-state index contributed by atoms with van der Waals surface area (Å²) in [5.74, 6) is -0.128. The number of carbonyl (C=O) groups excluding carboxylic acids is 1. The number of hydrogen-bond donors (Lipinski definition) is 3. The van der Waals surface area contributed by atoms with Gasteiger partial charge in [0.05, 0.1) is 22.4 Å². The van der Waals surface area contributed by atoms with Crippen molar-refractivity contribution in [2.75, 3.05) is 25.0 Å². The van der Waals surface area contributed by atoms with Crippen LogP contribution in [0.1, 0.15) is 41.8 Å². The lowest BCUT2D eigenvalue weighted by Gasteiger charge is -2.47. The number of carbonyl (C=O) groups is 1. The van der Waals surface area contributed by atoms with Crippen LogP contribution in [0.3, 0.4) is 0 Å². The third-order valence-electron chi connectivity index (χ3n) is 7.09. The molecule has 1 aromatic carbocycles. The van der Waals surface area contributed by atoms with E-state index in [0.29, 0.717) is 41.0 Å². The number of amides is 1. The second kappa shape index (κ2) is 9.85. The summed E-state index contributed by atoms with van der Waals surface area (Å²) >= 11 is 1.50.